The lowest BCUT2D eigenvalue weighted by Crippen LogP contribution is -2.22. The molecule has 0 aliphatic heterocycles. The molecule has 5 heteroatoms. The van der Waals surface area contributed by atoms with Crippen molar-refractivity contribution < 1.29 is 17.9 Å². The summed E-state index contributed by atoms with van der Waals surface area (Å²) >= 11 is 0. The summed E-state index contributed by atoms with van der Waals surface area (Å²) in [6, 6.07) is 5.96. The van der Waals surface area contributed by atoms with Crippen molar-refractivity contribution in [1.29, 1.82) is 0 Å². The van der Waals surface area contributed by atoms with E-state index in [0.717, 1.165) is 18.4 Å². The number of alkyl halides is 3. The Balaban J connectivity index is 2.05. The van der Waals surface area contributed by atoms with Crippen LogP contribution in [0, 0.1) is 0 Å². The van der Waals surface area contributed by atoms with E-state index in [2.05, 4.69) is 4.74 Å². The molecule has 1 aliphatic carbocycles. The van der Waals surface area contributed by atoms with Gasteiger partial charge in [0.15, 0.2) is 0 Å². The second-order valence-electron chi connectivity index (χ2n) is 4.46. The van der Waals surface area contributed by atoms with Gasteiger partial charge in [-0.1, -0.05) is 19.1 Å². The van der Waals surface area contributed by atoms with Crippen molar-refractivity contribution in [2.45, 2.75) is 37.6 Å². The van der Waals surface area contributed by atoms with Gasteiger partial charge in [-0.3, -0.25) is 0 Å². The molecule has 2 unspecified atom stereocenters. The van der Waals surface area contributed by atoms with Gasteiger partial charge in [0.05, 0.1) is 0 Å². The lowest BCUT2D eigenvalue weighted by atomic mass is 10.0. The SMILES string of the molecule is CCC1(N)CC1c1ccc(OC(F)(F)F)cc1. The van der Waals surface area contributed by atoms with Gasteiger partial charge in [-0.15, -0.1) is 13.2 Å². The Hall–Kier alpha value is -1.23. The Labute approximate surface area is 97.6 Å². The monoisotopic (exact) mass is 245 g/mol. The Kier molecular flexibility index (Phi) is 2.81. The molecule has 1 fully saturated rings. The van der Waals surface area contributed by atoms with Crippen LogP contribution in [0.15, 0.2) is 24.3 Å². The number of hydrogen-bond donors (Lipinski definition) is 1. The van der Waals surface area contributed by atoms with Crippen LogP contribution in [0.1, 0.15) is 31.2 Å². The third-order valence-corrected chi connectivity index (χ3v) is 3.29. The minimum absolute atomic E-state index is 0.174. The van der Waals surface area contributed by atoms with Gasteiger partial charge >= 0.3 is 6.36 Å². The molecule has 1 aromatic rings. The van der Waals surface area contributed by atoms with E-state index in [1.165, 1.54) is 12.1 Å². The maximum Gasteiger partial charge on any atom is 0.573 e. The van der Waals surface area contributed by atoms with Crippen molar-refractivity contribution in [3.63, 3.8) is 0 Å². The van der Waals surface area contributed by atoms with Gasteiger partial charge in [0.25, 0.3) is 0 Å². The Bertz CT molecular complexity index is 401. The van der Waals surface area contributed by atoms with E-state index in [1.54, 1.807) is 12.1 Å². The fraction of sp³-hybridized carbons (Fsp3) is 0.500. The summed E-state index contributed by atoms with van der Waals surface area (Å²) in [5.74, 6) is 0.0634. The van der Waals surface area contributed by atoms with Crippen LogP contribution >= 0.6 is 0 Å². The van der Waals surface area contributed by atoms with E-state index in [-0.39, 0.29) is 17.2 Å². The largest absolute Gasteiger partial charge is 0.573 e. The minimum atomic E-state index is -4.64. The summed E-state index contributed by atoms with van der Waals surface area (Å²) in [7, 11) is 0. The normalized spacial score (nSPS) is 27.9. The highest BCUT2D eigenvalue weighted by molar-refractivity contribution is 5.36. The molecule has 0 saturated heterocycles. The van der Waals surface area contributed by atoms with E-state index in [4.69, 9.17) is 5.73 Å². The molecule has 2 atom stereocenters. The highest BCUT2D eigenvalue weighted by Gasteiger charge is 2.49. The smallest absolute Gasteiger partial charge is 0.406 e. The molecule has 0 aromatic heterocycles. The Morgan fingerprint density at radius 2 is 1.94 bits per heavy atom. The molecular weight excluding hydrogens is 231 g/mol. The van der Waals surface area contributed by atoms with E-state index in [9.17, 15) is 13.2 Å². The second-order valence-corrected chi connectivity index (χ2v) is 4.46. The fourth-order valence-electron chi connectivity index (χ4n) is 2.06. The molecule has 0 amide bonds. The quantitative estimate of drug-likeness (QED) is 0.887. The number of benzene rings is 1. The molecule has 2 N–H and O–H groups in total. The topological polar surface area (TPSA) is 35.2 Å². The number of rotatable bonds is 3. The maximum atomic E-state index is 11.9. The minimum Gasteiger partial charge on any atom is -0.406 e. The lowest BCUT2D eigenvalue weighted by molar-refractivity contribution is -0.274. The number of hydrogen-bond acceptors (Lipinski definition) is 2. The highest BCUT2D eigenvalue weighted by atomic mass is 19.4. The third-order valence-electron chi connectivity index (χ3n) is 3.29. The van der Waals surface area contributed by atoms with Gasteiger partial charge in [0.1, 0.15) is 5.75 Å². The molecule has 0 heterocycles. The van der Waals surface area contributed by atoms with Crippen LogP contribution in [0.3, 0.4) is 0 Å². The van der Waals surface area contributed by atoms with Crippen molar-refractivity contribution in [3.8, 4) is 5.75 Å². The molecule has 2 rings (SSSR count). The molecule has 1 saturated carbocycles. The van der Waals surface area contributed by atoms with Gasteiger partial charge in [-0.05, 0) is 30.5 Å². The van der Waals surface area contributed by atoms with Crippen molar-refractivity contribution in [1.82, 2.24) is 0 Å². The molecule has 2 nitrogen and oxygen atoms in total. The number of ether oxygens (including phenoxy) is 1. The standard InChI is InChI=1S/C12H14F3NO/c1-2-11(16)7-10(11)8-3-5-9(6-4-8)17-12(13,14)15/h3-6,10H,2,7,16H2,1H3. The van der Waals surface area contributed by atoms with E-state index in [0.29, 0.717) is 0 Å². The van der Waals surface area contributed by atoms with Gasteiger partial charge < -0.3 is 10.5 Å². The van der Waals surface area contributed by atoms with Crippen molar-refractivity contribution in [2.75, 3.05) is 0 Å². The van der Waals surface area contributed by atoms with Crippen LogP contribution in [0.4, 0.5) is 13.2 Å². The summed E-state index contributed by atoms with van der Waals surface area (Å²) in [6.45, 7) is 2.02. The van der Waals surface area contributed by atoms with Crippen LogP contribution in [0.2, 0.25) is 0 Å². The molecule has 17 heavy (non-hydrogen) atoms. The average molecular weight is 245 g/mol. The number of nitrogens with two attached hydrogens (primary N) is 1. The van der Waals surface area contributed by atoms with E-state index in [1.807, 2.05) is 6.92 Å². The molecule has 1 aromatic carbocycles. The Morgan fingerprint density at radius 1 is 1.35 bits per heavy atom. The van der Waals surface area contributed by atoms with Gasteiger partial charge in [0.2, 0.25) is 0 Å². The van der Waals surface area contributed by atoms with Crippen LogP contribution in [0.25, 0.3) is 0 Å². The molecular formula is C12H14F3NO. The summed E-state index contributed by atoms with van der Waals surface area (Å²) < 4.78 is 39.6. The number of halogens is 3. The third kappa shape index (κ3) is 2.72. The van der Waals surface area contributed by atoms with Crippen LogP contribution in [-0.4, -0.2) is 11.9 Å². The molecule has 94 valence electrons. The molecule has 0 spiro atoms. The van der Waals surface area contributed by atoms with E-state index < -0.39 is 6.36 Å². The van der Waals surface area contributed by atoms with Gasteiger partial charge in [-0.25, -0.2) is 0 Å². The van der Waals surface area contributed by atoms with Crippen LogP contribution in [0.5, 0.6) is 5.75 Å². The average Bonchev–Trinajstić information content (AvgIpc) is 2.91. The summed E-state index contributed by atoms with van der Waals surface area (Å²) in [4.78, 5) is 0. The first-order valence-corrected chi connectivity index (χ1v) is 5.49. The first-order chi connectivity index (χ1) is 7.84. The summed E-state index contributed by atoms with van der Waals surface area (Å²) in [6.07, 6.45) is -2.87. The first-order valence-electron chi connectivity index (χ1n) is 5.49. The summed E-state index contributed by atoms with van der Waals surface area (Å²) in [5, 5.41) is 0. The molecule has 0 bridgehead atoms. The zero-order valence-electron chi connectivity index (χ0n) is 9.42. The van der Waals surface area contributed by atoms with E-state index >= 15 is 0 Å². The molecule has 1 aliphatic rings. The van der Waals surface area contributed by atoms with Crippen molar-refractivity contribution in [2.24, 2.45) is 5.73 Å². The van der Waals surface area contributed by atoms with Crippen LogP contribution < -0.4 is 10.5 Å². The fourth-order valence-corrected chi connectivity index (χ4v) is 2.06. The Morgan fingerprint density at radius 3 is 2.35 bits per heavy atom. The van der Waals surface area contributed by atoms with Crippen molar-refractivity contribution in [3.05, 3.63) is 29.8 Å². The van der Waals surface area contributed by atoms with Crippen LogP contribution in [-0.2, 0) is 0 Å². The lowest BCUT2D eigenvalue weighted by Gasteiger charge is -2.10. The van der Waals surface area contributed by atoms with Gasteiger partial charge in [0, 0.05) is 11.5 Å². The predicted octanol–water partition coefficient (Wildman–Crippen LogP) is 3.18. The zero-order valence-corrected chi connectivity index (χ0v) is 9.42. The second kappa shape index (κ2) is 3.91. The van der Waals surface area contributed by atoms with Gasteiger partial charge in [-0.2, -0.15) is 0 Å². The first kappa shape index (κ1) is 12.2. The maximum absolute atomic E-state index is 11.9. The highest BCUT2D eigenvalue weighted by Crippen LogP contribution is 2.51. The predicted molar refractivity (Wildman–Crippen MR) is 57.7 cm³/mol. The zero-order chi connectivity index (χ0) is 12.7. The molecule has 0 radical (unpaired) electrons. The van der Waals surface area contributed by atoms with Crippen molar-refractivity contribution >= 4 is 0 Å². The summed E-state index contributed by atoms with van der Waals surface area (Å²) in [5.41, 5.74) is 6.85.